The smallest absolute Gasteiger partial charge is 0.322 e. The lowest BCUT2D eigenvalue weighted by Gasteiger charge is -2.12. The fourth-order valence-corrected chi connectivity index (χ4v) is 0.750. The van der Waals surface area contributed by atoms with Crippen LogP contribution in [-0.2, 0) is 9.53 Å². The van der Waals surface area contributed by atoms with Crippen molar-refractivity contribution in [1.29, 1.82) is 5.26 Å². The third kappa shape index (κ3) is 5.21. The summed E-state index contributed by atoms with van der Waals surface area (Å²) in [5.41, 5.74) is 0. The number of carbonyl (C=O) groups is 1. The van der Waals surface area contributed by atoms with Gasteiger partial charge in [-0.15, -0.1) is 0 Å². The van der Waals surface area contributed by atoms with E-state index in [1.807, 2.05) is 0 Å². The maximum absolute atomic E-state index is 11.1. The van der Waals surface area contributed by atoms with Crippen molar-refractivity contribution in [2.24, 2.45) is 5.92 Å². The third-order valence-corrected chi connectivity index (χ3v) is 1.59. The van der Waals surface area contributed by atoms with Crippen molar-refractivity contribution in [1.82, 2.24) is 5.32 Å². The van der Waals surface area contributed by atoms with Crippen LogP contribution in [0.1, 0.15) is 20.8 Å². The Morgan fingerprint density at radius 2 is 2.23 bits per heavy atom. The molecule has 0 spiro atoms. The van der Waals surface area contributed by atoms with Crippen LogP contribution >= 0.6 is 0 Å². The molecule has 0 aliphatic rings. The summed E-state index contributed by atoms with van der Waals surface area (Å²) in [6, 6.07) is 1.74. The summed E-state index contributed by atoms with van der Waals surface area (Å²) in [4.78, 5) is 11.1. The molecule has 13 heavy (non-hydrogen) atoms. The van der Waals surface area contributed by atoms with Gasteiger partial charge in [-0.05, 0) is 20.8 Å². The molecule has 0 fully saturated rings. The minimum absolute atomic E-state index is 0.0862. The number of hydrogen-bond donors (Lipinski definition) is 1. The van der Waals surface area contributed by atoms with Crippen LogP contribution in [0.15, 0.2) is 0 Å². The standard InChI is InChI=1S/C9H16N2O2/c1-4-13-9(12)8(3)11-6-7(2)5-10/h7-8,11H,4,6H2,1-3H3. The van der Waals surface area contributed by atoms with Gasteiger partial charge in [0.2, 0.25) is 0 Å². The maximum atomic E-state index is 11.1. The average Bonchev–Trinajstić information content (AvgIpc) is 2.13. The van der Waals surface area contributed by atoms with Gasteiger partial charge in [-0.25, -0.2) is 0 Å². The first kappa shape index (κ1) is 11.9. The number of rotatable bonds is 5. The van der Waals surface area contributed by atoms with Crippen molar-refractivity contribution in [3.05, 3.63) is 0 Å². The van der Waals surface area contributed by atoms with Gasteiger partial charge in [0.1, 0.15) is 6.04 Å². The Balaban J connectivity index is 3.68. The number of ether oxygens (including phenoxy) is 1. The van der Waals surface area contributed by atoms with Crippen molar-refractivity contribution in [3.8, 4) is 6.07 Å². The summed E-state index contributed by atoms with van der Waals surface area (Å²) in [6.07, 6.45) is 0. The van der Waals surface area contributed by atoms with Crippen LogP contribution in [0.3, 0.4) is 0 Å². The van der Waals surface area contributed by atoms with E-state index in [2.05, 4.69) is 11.4 Å². The number of hydrogen-bond acceptors (Lipinski definition) is 4. The molecule has 1 N–H and O–H groups in total. The predicted molar refractivity (Wildman–Crippen MR) is 48.9 cm³/mol. The van der Waals surface area contributed by atoms with Crippen molar-refractivity contribution < 1.29 is 9.53 Å². The molecule has 0 heterocycles. The second kappa shape index (κ2) is 6.44. The predicted octanol–water partition coefficient (Wildman–Crippen LogP) is 0.687. The van der Waals surface area contributed by atoms with Crippen molar-refractivity contribution in [2.75, 3.05) is 13.2 Å². The Morgan fingerprint density at radius 3 is 2.69 bits per heavy atom. The minimum Gasteiger partial charge on any atom is -0.465 e. The van der Waals surface area contributed by atoms with Gasteiger partial charge >= 0.3 is 5.97 Å². The normalized spacial score (nSPS) is 14.3. The van der Waals surface area contributed by atoms with Gasteiger partial charge in [0, 0.05) is 6.54 Å². The van der Waals surface area contributed by atoms with Crippen LogP contribution in [-0.4, -0.2) is 25.2 Å². The van der Waals surface area contributed by atoms with E-state index in [9.17, 15) is 4.79 Å². The first-order chi connectivity index (χ1) is 6.11. The third-order valence-electron chi connectivity index (χ3n) is 1.59. The highest BCUT2D eigenvalue weighted by atomic mass is 16.5. The number of esters is 1. The quantitative estimate of drug-likeness (QED) is 0.638. The molecule has 2 unspecified atom stereocenters. The van der Waals surface area contributed by atoms with E-state index in [1.54, 1.807) is 20.8 Å². The average molecular weight is 184 g/mol. The van der Waals surface area contributed by atoms with E-state index in [4.69, 9.17) is 10.00 Å². The SMILES string of the molecule is CCOC(=O)C(C)NCC(C)C#N. The highest BCUT2D eigenvalue weighted by molar-refractivity contribution is 5.75. The zero-order chi connectivity index (χ0) is 10.3. The Morgan fingerprint density at radius 1 is 1.62 bits per heavy atom. The number of nitrogens with one attached hydrogen (secondary N) is 1. The fraction of sp³-hybridized carbons (Fsp3) is 0.778. The highest BCUT2D eigenvalue weighted by Crippen LogP contribution is 1.92. The van der Waals surface area contributed by atoms with Crippen LogP contribution in [0, 0.1) is 17.2 Å². The van der Waals surface area contributed by atoms with E-state index in [0.717, 1.165) is 0 Å². The van der Waals surface area contributed by atoms with Gasteiger partial charge in [0.05, 0.1) is 18.6 Å². The number of nitriles is 1. The number of carbonyl (C=O) groups excluding carboxylic acids is 1. The van der Waals surface area contributed by atoms with Gasteiger partial charge in [0.25, 0.3) is 0 Å². The molecule has 0 aromatic carbocycles. The molecule has 0 saturated heterocycles. The molecule has 0 bridgehead atoms. The summed E-state index contributed by atoms with van der Waals surface area (Å²) in [6.45, 7) is 6.19. The van der Waals surface area contributed by atoms with Gasteiger partial charge in [-0.1, -0.05) is 0 Å². The largest absolute Gasteiger partial charge is 0.465 e. The lowest BCUT2D eigenvalue weighted by molar-refractivity contribution is -0.145. The van der Waals surface area contributed by atoms with Crippen LogP contribution in [0.25, 0.3) is 0 Å². The number of nitrogens with zero attached hydrogens (tertiary/aromatic N) is 1. The first-order valence-electron chi connectivity index (χ1n) is 4.41. The molecule has 0 radical (unpaired) electrons. The summed E-state index contributed by atoms with van der Waals surface area (Å²) in [5, 5.41) is 11.4. The molecule has 0 aromatic rings. The molecule has 4 heteroatoms. The Kier molecular flexibility index (Phi) is 5.90. The summed E-state index contributed by atoms with van der Waals surface area (Å²) >= 11 is 0. The Bertz CT molecular complexity index is 198. The van der Waals surface area contributed by atoms with Crippen LogP contribution in [0.2, 0.25) is 0 Å². The molecule has 2 atom stereocenters. The van der Waals surface area contributed by atoms with Crippen molar-refractivity contribution >= 4 is 5.97 Å². The summed E-state index contributed by atoms with van der Waals surface area (Å²) in [5.74, 6) is -0.357. The summed E-state index contributed by atoms with van der Waals surface area (Å²) in [7, 11) is 0. The molecule has 0 amide bonds. The molecule has 0 aliphatic carbocycles. The lowest BCUT2D eigenvalue weighted by Crippen LogP contribution is -2.37. The Hall–Kier alpha value is -1.08. The van der Waals surface area contributed by atoms with Gasteiger partial charge in [-0.3, -0.25) is 4.79 Å². The molecule has 0 saturated carbocycles. The molecule has 0 rings (SSSR count). The fourth-order valence-electron chi connectivity index (χ4n) is 0.750. The minimum atomic E-state index is -0.337. The van der Waals surface area contributed by atoms with Crippen molar-refractivity contribution in [2.45, 2.75) is 26.8 Å². The van der Waals surface area contributed by atoms with E-state index in [1.165, 1.54) is 0 Å². The van der Waals surface area contributed by atoms with Gasteiger partial charge in [-0.2, -0.15) is 5.26 Å². The van der Waals surface area contributed by atoms with Crippen LogP contribution < -0.4 is 5.32 Å². The summed E-state index contributed by atoms with van der Waals surface area (Å²) < 4.78 is 4.79. The molecule has 4 nitrogen and oxygen atoms in total. The van der Waals surface area contributed by atoms with Gasteiger partial charge < -0.3 is 10.1 Å². The molecular weight excluding hydrogens is 168 g/mol. The molecule has 0 aromatic heterocycles. The molecule has 0 aliphatic heterocycles. The topological polar surface area (TPSA) is 62.1 Å². The maximum Gasteiger partial charge on any atom is 0.322 e. The molecular formula is C9H16N2O2. The monoisotopic (exact) mass is 184 g/mol. The second-order valence-electron chi connectivity index (χ2n) is 2.91. The first-order valence-corrected chi connectivity index (χ1v) is 4.41. The van der Waals surface area contributed by atoms with E-state index < -0.39 is 0 Å². The molecule has 74 valence electrons. The van der Waals surface area contributed by atoms with E-state index >= 15 is 0 Å². The zero-order valence-corrected chi connectivity index (χ0v) is 8.33. The second-order valence-corrected chi connectivity index (χ2v) is 2.91. The Labute approximate surface area is 78.9 Å². The van der Waals surface area contributed by atoms with Crippen LogP contribution in [0.4, 0.5) is 0 Å². The van der Waals surface area contributed by atoms with Crippen LogP contribution in [0.5, 0.6) is 0 Å². The zero-order valence-electron chi connectivity index (χ0n) is 8.33. The van der Waals surface area contributed by atoms with E-state index in [0.29, 0.717) is 13.2 Å². The lowest BCUT2D eigenvalue weighted by atomic mass is 10.2. The van der Waals surface area contributed by atoms with E-state index in [-0.39, 0.29) is 17.9 Å². The van der Waals surface area contributed by atoms with Gasteiger partial charge in [0.15, 0.2) is 0 Å². The van der Waals surface area contributed by atoms with Crippen molar-refractivity contribution in [3.63, 3.8) is 0 Å². The highest BCUT2D eigenvalue weighted by Gasteiger charge is 2.13.